The van der Waals surface area contributed by atoms with Gasteiger partial charge in [0.1, 0.15) is 0 Å². The van der Waals surface area contributed by atoms with E-state index in [2.05, 4.69) is 0 Å². The van der Waals surface area contributed by atoms with E-state index >= 15 is 0 Å². The molecule has 2 heterocycles. The van der Waals surface area contributed by atoms with Gasteiger partial charge >= 0.3 is 0 Å². The first-order chi connectivity index (χ1) is 6.88. The fraction of sp³-hybridized carbons (Fsp3) is 1.00. The number of nitrogens with zero attached hydrogens (tertiary/aromatic N) is 1. The van der Waals surface area contributed by atoms with Gasteiger partial charge in [0, 0.05) is 19.1 Å². The van der Waals surface area contributed by atoms with Gasteiger partial charge in [0.25, 0.3) is 0 Å². The quantitative estimate of drug-likeness (QED) is 0.593. The van der Waals surface area contributed by atoms with Crippen molar-refractivity contribution in [2.75, 3.05) is 36.1 Å². The summed E-state index contributed by atoms with van der Waals surface area (Å²) in [5.41, 5.74) is 0. The molecule has 7 heteroatoms. The molecule has 0 bridgehead atoms. The molecule has 0 aromatic heterocycles. The van der Waals surface area contributed by atoms with Crippen molar-refractivity contribution >= 4 is 19.7 Å². The minimum Gasteiger partial charge on any atom is -0.297 e. The van der Waals surface area contributed by atoms with Gasteiger partial charge in [-0.2, -0.15) is 0 Å². The van der Waals surface area contributed by atoms with Crippen molar-refractivity contribution in [1.82, 2.24) is 4.90 Å². The van der Waals surface area contributed by atoms with Gasteiger partial charge < -0.3 is 0 Å². The molecule has 5 nitrogen and oxygen atoms in total. The van der Waals surface area contributed by atoms with Gasteiger partial charge in [0.2, 0.25) is 0 Å². The summed E-state index contributed by atoms with van der Waals surface area (Å²) in [5, 5.41) is 0. The van der Waals surface area contributed by atoms with Crippen LogP contribution >= 0.6 is 0 Å². The first-order valence-corrected chi connectivity index (χ1v) is 8.67. The van der Waals surface area contributed by atoms with Gasteiger partial charge in [-0.1, -0.05) is 0 Å². The molecule has 0 aromatic carbocycles. The van der Waals surface area contributed by atoms with Crippen LogP contribution in [0.4, 0.5) is 0 Å². The van der Waals surface area contributed by atoms with Gasteiger partial charge in [-0.25, -0.2) is 16.8 Å². The molecule has 2 saturated heterocycles. The normalized spacial score (nSPS) is 35.3. The fourth-order valence-corrected chi connectivity index (χ4v) is 5.15. The Labute approximate surface area is 90.3 Å². The van der Waals surface area contributed by atoms with Crippen molar-refractivity contribution in [1.29, 1.82) is 0 Å². The molecule has 1 atom stereocenters. The summed E-state index contributed by atoms with van der Waals surface area (Å²) >= 11 is 0. The van der Waals surface area contributed by atoms with Crippen LogP contribution in [0.25, 0.3) is 0 Å². The average molecular weight is 253 g/mol. The molecule has 0 spiro atoms. The maximum absolute atomic E-state index is 11.3. The van der Waals surface area contributed by atoms with Gasteiger partial charge in [-0.3, -0.25) is 4.90 Å². The van der Waals surface area contributed by atoms with Gasteiger partial charge in [-0.05, 0) is 6.42 Å². The Kier molecular flexibility index (Phi) is 2.81. The zero-order valence-corrected chi connectivity index (χ0v) is 10.1. The molecule has 15 heavy (non-hydrogen) atoms. The maximum atomic E-state index is 11.3. The highest BCUT2D eigenvalue weighted by Crippen LogP contribution is 2.19. The van der Waals surface area contributed by atoms with Crippen LogP contribution in [0.5, 0.6) is 0 Å². The zero-order valence-electron chi connectivity index (χ0n) is 8.42. The summed E-state index contributed by atoms with van der Waals surface area (Å²) < 4.78 is 44.9. The molecular formula is C8H15NO4S2. The lowest BCUT2D eigenvalue weighted by Gasteiger charge is -2.31. The molecule has 88 valence electrons. The minimum atomic E-state index is -2.87. The van der Waals surface area contributed by atoms with Crippen molar-refractivity contribution in [3.8, 4) is 0 Å². The third-order valence-corrected chi connectivity index (χ3v) is 6.46. The molecule has 0 amide bonds. The lowest BCUT2D eigenvalue weighted by molar-refractivity contribution is 0.230. The van der Waals surface area contributed by atoms with Gasteiger partial charge in [0.15, 0.2) is 19.7 Å². The second kappa shape index (κ2) is 3.71. The van der Waals surface area contributed by atoms with Crippen LogP contribution in [0.2, 0.25) is 0 Å². The monoisotopic (exact) mass is 253 g/mol. The van der Waals surface area contributed by atoms with Gasteiger partial charge in [0.05, 0.1) is 23.0 Å². The van der Waals surface area contributed by atoms with Crippen LogP contribution in [0.1, 0.15) is 6.42 Å². The first-order valence-electron chi connectivity index (χ1n) is 5.03. The smallest absolute Gasteiger partial charge is 0.152 e. The van der Waals surface area contributed by atoms with Crippen LogP contribution in [-0.2, 0) is 19.7 Å². The van der Waals surface area contributed by atoms with Crippen molar-refractivity contribution in [3.63, 3.8) is 0 Å². The van der Waals surface area contributed by atoms with E-state index in [1.54, 1.807) is 0 Å². The van der Waals surface area contributed by atoms with E-state index in [-0.39, 0.29) is 29.1 Å². The summed E-state index contributed by atoms with van der Waals surface area (Å²) in [6.07, 6.45) is 0.655. The summed E-state index contributed by atoms with van der Waals surface area (Å²) in [4.78, 5) is 2.01. The lowest BCUT2D eigenvalue weighted by Crippen LogP contribution is -2.46. The number of hydrogen-bond acceptors (Lipinski definition) is 5. The largest absolute Gasteiger partial charge is 0.297 e. The molecule has 2 aliphatic rings. The van der Waals surface area contributed by atoms with Crippen molar-refractivity contribution in [2.45, 2.75) is 12.5 Å². The molecule has 0 aromatic rings. The fourth-order valence-electron chi connectivity index (χ4n) is 2.16. The Morgan fingerprint density at radius 1 is 0.867 bits per heavy atom. The minimum absolute atomic E-state index is 0.0468. The summed E-state index contributed by atoms with van der Waals surface area (Å²) in [7, 11) is -5.73. The van der Waals surface area contributed by atoms with E-state index in [0.29, 0.717) is 19.5 Å². The average Bonchev–Trinajstić information content (AvgIpc) is 2.46. The molecule has 2 fully saturated rings. The second-order valence-corrected chi connectivity index (χ2v) is 8.78. The highest BCUT2D eigenvalue weighted by molar-refractivity contribution is 7.91. The molecule has 2 aliphatic heterocycles. The van der Waals surface area contributed by atoms with Crippen LogP contribution in [0.15, 0.2) is 0 Å². The Morgan fingerprint density at radius 3 is 1.93 bits per heavy atom. The van der Waals surface area contributed by atoms with E-state index in [1.807, 2.05) is 4.90 Å². The Morgan fingerprint density at radius 2 is 1.47 bits per heavy atom. The zero-order chi connectivity index (χ0) is 11.1. The predicted molar refractivity (Wildman–Crippen MR) is 57.3 cm³/mol. The Bertz CT molecular complexity index is 425. The van der Waals surface area contributed by atoms with Gasteiger partial charge in [-0.15, -0.1) is 0 Å². The lowest BCUT2D eigenvalue weighted by atomic mass is 10.2. The molecule has 1 unspecified atom stereocenters. The SMILES string of the molecule is O=S1(=O)CCN(C2CCS(=O)(=O)C2)CC1. The topological polar surface area (TPSA) is 71.5 Å². The standard InChI is InChI=1S/C8H15NO4S2/c10-14(11)5-2-9(3-6-14)8-1-4-15(12,13)7-8/h8H,1-7H2. The van der Waals surface area contributed by atoms with Crippen molar-refractivity contribution in [3.05, 3.63) is 0 Å². The molecule has 0 saturated carbocycles. The Hall–Kier alpha value is -0.140. The maximum Gasteiger partial charge on any atom is 0.152 e. The van der Waals surface area contributed by atoms with E-state index in [1.165, 1.54) is 0 Å². The predicted octanol–water partition coefficient (Wildman–Crippen LogP) is -1.10. The molecular weight excluding hydrogens is 238 g/mol. The third kappa shape index (κ3) is 2.70. The first kappa shape index (κ1) is 11.3. The Balaban J connectivity index is 1.98. The van der Waals surface area contributed by atoms with Crippen LogP contribution in [0, 0.1) is 0 Å². The molecule has 2 rings (SSSR count). The van der Waals surface area contributed by atoms with E-state index in [9.17, 15) is 16.8 Å². The number of rotatable bonds is 1. The van der Waals surface area contributed by atoms with Crippen LogP contribution in [0.3, 0.4) is 0 Å². The van der Waals surface area contributed by atoms with E-state index in [0.717, 1.165) is 0 Å². The molecule has 0 N–H and O–H groups in total. The number of sulfone groups is 2. The number of hydrogen-bond donors (Lipinski definition) is 0. The van der Waals surface area contributed by atoms with Crippen LogP contribution in [-0.4, -0.2) is 63.9 Å². The third-order valence-electron chi connectivity index (χ3n) is 3.10. The van der Waals surface area contributed by atoms with E-state index in [4.69, 9.17) is 0 Å². The second-order valence-electron chi connectivity index (χ2n) is 4.24. The summed E-state index contributed by atoms with van der Waals surface area (Å²) in [6, 6.07) is 0.0468. The molecule has 0 radical (unpaired) electrons. The van der Waals surface area contributed by atoms with Crippen LogP contribution < -0.4 is 0 Å². The van der Waals surface area contributed by atoms with Crippen molar-refractivity contribution in [2.24, 2.45) is 0 Å². The summed E-state index contributed by atoms with van der Waals surface area (Å²) in [5.74, 6) is 0.793. The molecule has 0 aliphatic carbocycles. The van der Waals surface area contributed by atoms with Crippen molar-refractivity contribution < 1.29 is 16.8 Å². The van der Waals surface area contributed by atoms with E-state index < -0.39 is 19.7 Å². The highest BCUT2D eigenvalue weighted by Gasteiger charge is 2.34. The highest BCUT2D eigenvalue weighted by atomic mass is 32.2. The summed E-state index contributed by atoms with van der Waals surface area (Å²) in [6.45, 7) is 0.977.